The maximum Gasteiger partial charge on any atom is 0.258 e. The van der Waals surface area contributed by atoms with E-state index in [0.29, 0.717) is 37.7 Å². The normalized spacial score (nSPS) is 16.1. The number of fused-ring (bicyclic) bond motifs is 2. The summed E-state index contributed by atoms with van der Waals surface area (Å²) in [5, 5.41) is 19.0. The van der Waals surface area contributed by atoms with Crippen molar-refractivity contribution in [1.82, 2.24) is 15.1 Å². The van der Waals surface area contributed by atoms with E-state index in [1.807, 2.05) is 24.3 Å². The molecule has 32 heavy (non-hydrogen) atoms. The number of carbonyl (C=O) groups is 1. The maximum atomic E-state index is 13.3. The molecule has 7 heteroatoms. The maximum absolute atomic E-state index is 13.3. The molecule has 2 aliphatic rings. The molecule has 0 radical (unpaired) electrons. The van der Waals surface area contributed by atoms with E-state index in [-0.39, 0.29) is 11.7 Å². The molecule has 7 nitrogen and oxygen atoms in total. The first-order valence-corrected chi connectivity index (χ1v) is 11.6. The number of phenolic OH excluding ortho intramolecular Hbond substituents is 1. The molecule has 2 aromatic carbocycles. The fourth-order valence-corrected chi connectivity index (χ4v) is 4.97. The zero-order valence-electron chi connectivity index (χ0n) is 18.3. The van der Waals surface area contributed by atoms with Gasteiger partial charge in [-0.15, -0.1) is 0 Å². The summed E-state index contributed by atoms with van der Waals surface area (Å²) < 4.78 is 5.74. The minimum atomic E-state index is -0.167. The number of ether oxygens (including phenoxy) is 1. The molecule has 1 amide bonds. The van der Waals surface area contributed by atoms with Crippen LogP contribution in [0.1, 0.15) is 59.3 Å². The quantitative estimate of drug-likeness (QED) is 0.490. The number of aromatic amines is 1. The third-order valence-corrected chi connectivity index (χ3v) is 6.75. The van der Waals surface area contributed by atoms with Crippen molar-refractivity contribution in [3.05, 3.63) is 52.7 Å². The predicted octanol–water partition coefficient (Wildman–Crippen LogP) is 3.88. The van der Waals surface area contributed by atoms with Crippen LogP contribution in [0.3, 0.4) is 0 Å². The number of nitrogens with zero attached hydrogens (tertiary/aromatic N) is 2. The Kier molecular flexibility index (Phi) is 5.74. The average Bonchev–Trinajstić information content (AvgIpc) is 3.53. The minimum Gasteiger partial charge on any atom is -0.507 e. The van der Waals surface area contributed by atoms with E-state index in [1.54, 1.807) is 11.0 Å². The summed E-state index contributed by atoms with van der Waals surface area (Å²) in [5.74, 6) is 1.27. The highest BCUT2D eigenvalue weighted by atomic mass is 16.5. The Morgan fingerprint density at radius 2 is 2.00 bits per heavy atom. The van der Waals surface area contributed by atoms with Crippen molar-refractivity contribution in [3.8, 4) is 11.5 Å². The van der Waals surface area contributed by atoms with Crippen molar-refractivity contribution in [2.24, 2.45) is 11.7 Å². The fraction of sp³-hybridized carbons (Fsp3) is 0.440. The molecular weight excluding hydrogens is 404 g/mol. The Morgan fingerprint density at radius 3 is 2.81 bits per heavy atom. The van der Waals surface area contributed by atoms with Crippen LogP contribution >= 0.6 is 0 Å². The molecule has 5 rings (SSSR count). The highest BCUT2D eigenvalue weighted by Crippen LogP contribution is 2.34. The van der Waals surface area contributed by atoms with Gasteiger partial charge in [-0.3, -0.25) is 9.89 Å². The number of nitrogens with one attached hydrogen (secondary N) is 1. The van der Waals surface area contributed by atoms with Gasteiger partial charge in [-0.05, 0) is 54.6 Å². The number of hydrogen-bond acceptors (Lipinski definition) is 5. The van der Waals surface area contributed by atoms with Crippen LogP contribution in [0.25, 0.3) is 10.9 Å². The molecule has 2 heterocycles. The zero-order valence-corrected chi connectivity index (χ0v) is 18.3. The van der Waals surface area contributed by atoms with Crippen molar-refractivity contribution < 1.29 is 14.6 Å². The SMILES string of the molecule is NCCCOc1ccc2c(c1)CN(C(=O)c1cc3c(CC4CCCC4)n[nH]c3cc1O)C2. The van der Waals surface area contributed by atoms with Gasteiger partial charge in [-0.25, -0.2) is 0 Å². The number of amides is 1. The Hall–Kier alpha value is -3.06. The monoisotopic (exact) mass is 434 g/mol. The molecule has 0 saturated heterocycles. The fourth-order valence-electron chi connectivity index (χ4n) is 4.97. The van der Waals surface area contributed by atoms with Crippen LogP contribution in [0.4, 0.5) is 0 Å². The van der Waals surface area contributed by atoms with Crippen LogP contribution in [-0.4, -0.2) is 39.3 Å². The average molecular weight is 435 g/mol. The zero-order chi connectivity index (χ0) is 22.1. The van der Waals surface area contributed by atoms with Crippen molar-refractivity contribution in [2.45, 2.75) is 51.6 Å². The van der Waals surface area contributed by atoms with Crippen molar-refractivity contribution in [1.29, 1.82) is 0 Å². The molecule has 4 N–H and O–H groups in total. The van der Waals surface area contributed by atoms with Gasteiger partial charge in [0.05, 0.1) is 23.4 Å². The predicted molar refractivity (Wildman–Crippen MR) is 123 cm³/mol. The van der Waals surface area contributed by atoms with Crippen LogP contribution in [0.5, 0.6) is 11.5 Å². The van der Waals surface area contributed by atoms with Gasteiger partial charge in [0.25, 0.3) is 5.91 Å². The summed E-state index contributed by atoms with van der Waals surface area (Å²) >= 11 is 0. The molecule has 3 aromatic rings. The van der Waals surface area contributed by atoms with E-state index < -0.39 is 0 Å². The molecule has 1 fully saturated rings. The smallest absolute Gasteiger partial charge is 0.258 e. The Bertz CT molecular complexity index is 1130. The van der Waals surface area contributed by atoms with Crippen LogP contribution in [0, 0.1) is 5.92 Å². The molecule has 0 bridgehead atoms. The van der Waals surface area contributed by atoms with E-state index in [4.69, 9.17) is 10.5 Å². The lowest BCUT2D eigenvalue weighted by Crippen LogP contribution is -2.25. The van der Waals surface area contributed by atoms with Crippen LogP contribution < -0.4 is 10.5 Å². The summed E-state index contributed by atoms with van der Waals surface area (Å²) in [6.45, 7) is 2.20. The molecule has 1 aliphatic carbocycles. The second kappa shape index (κ2) is 8.82. The number of H-pyrrole nitrogens is 1. The molecule has 1 aliphatic heterocycles. The second-order valence-electron chi connectivity index (χ2n) is 9.02. The van der Waals surface area contributed by atoms with E-state index in [1.165, 1.54) is 25.7 Å². The highest BCUT2D eigenvalue weighted by Gasteiger charge is 2.27. The van der Waals surface area contributed by atoms with Gasteiger partial charge in [-0.2, -0.15) is 5.10 Å². The Morgan fingerprint density at radius 1 is 1.19 bits per heavy atom. The lowest BCUT2D eigenvalue weighted by molar-refractivity contribution is 0.0748. The van der Waals surface area contributed by atoms with Gasteiger partial charge in [0.15, 0.2) is 0 Å². The summed E-state index contributed by atoms with van der Waals surface area (Å²) in [6.07, 6.45) is 6.77. The number of phenols is 1. The number of aromatic nitrogens is 2. The van der Waals surface area contributed by atoms with Gasteiger partial charge in [-0.1, -0.05) is 31.7 Å². The van der Waals surface area contributed by atoms with E-state index in [2.05, 4.69) is 10.2 Å². The topological polar surface area (TPSA) is 104 Å². The lowest BCUT2D eigenvalue weighted by atomic mass is 9.99. The number of benzene rings is 2. The van der Waals surface area contributed by atoms with E-state index in [0.717, 1.165) is 46.3 Å². The van der Waals surface area contributed by atoms with Crippen molar-refractivity contribution in [2.75, 3.05) is 13.2 Å². The molecule has 1 saturated carbocycles. The van der Waals surface area contributed by atoms with Crippen LogP contribution in [0.15, 0.2) is 30.3 Å². The molecule has 0 atom stereocenters. The van der Waals surface area contributed by atoms with Crippen molar-refractivity contribution >= 4 is 16.8 Å². The van der Waals surface area contributed by atoms with E-state index >= 15 is 0 Å². The molecular formula is C25H30N4O3. The largest absolute Gasteiger partial charge is 0.507 e. The first-order chi connectivity index (χ1) is 15.6. The second-order valence-corrected chi connectivity index (χ2v) is 9.02. The molecule has 0 unspecified atom stereocenters. The Labute approximate surface area is 187 Å². The standard InChI is InChI=1S/C25H30N4O3/c26-8-3-9-32-19-7-6-17-14-29(15-18(17)11-19)25(31)21-12-20-22(10-16-4-1-2-5-16)27-28-23(20)13-24(21)30/h6-7,11-13,16,30H,1-5,8-10,14-15,26H2,(H,27,28). The van der Waals surface area contributed by atoms with Gasteiger partial charge in [0.1, 0.15) is 11.5 Å². The van der Waals surface area contributed by atoms with Crippen molar-refractivity contribution in [3.63, 3.8) is 0 Å². The lowest BCUT2D eigenvalue weighted by Gasteiger charge is -2.16. The third kappa shape index (κ3) is 4.05. The van der Waals surface area contributed by atoms with Gasteiger partial charge in [0.2, 0.25) is 0 Å². The molecule has 168 valence electrons. The number of aromatic hydroxyl groups is 1. The summed E-state index contributed by atoms with van der Waals surface area (Å²) in [7, 11) is 0. The first-order valence-electron chi connectivity index (χ1n) is 11.6. The van der Waals surface area contributed by atoms with Gasteiger partial charge in [0, 0.05) is 24.5 Å². The minimum absolute atomic E-state index is 0.0136. The number of carbonyl (C=O) groups excluding carboxylic acids is 1. The summed E-state index contributed by atoms with van der Waals surface area (Å²) in [5.41, 5.74) is 9.81. The molecule has 0 spiro atoms. The summed E-state index contributed by atoms with van der Waals surface area (Å²) in [4.78, 5) is 15.1. The molecule has 1 aromatic heterocycles. The highest BCUT2D eigenvalue weighted by molar-refractivity contribution is 6.01. The summed E-state index contributed by atoms with van der Waals surface area (Å²) in [6, 6.07) is 9.39. The van der Waals surface area contributed by atoms with E-state index in [9.17, 15) is 9.90 Å². The van der Waals surface area contributed by atoms with Gasteiger partial charge < -0.3 is 20.5 Å². The Balaban J connectivity index is 1.35. The van der Waals surface area contributed by atoms with Gasteiger partial charge >= 0.3 is 0 Å². The number of rotatable bonds is 7. The number of hydrogen-bond donors (Lipinski definition) is 3. The number of nitrogens with two attached hydrogens (primary N) is 1. The first kappa shape index (κ1) is 20.8. The van der Waals surface area contributed by atoms with Crippen LogP contribution in [0.2, 0.25) is 0 Å². The van der Waals surface area contributed by atoms with Crippen LogP contribution in [-0.2, 0) is 19.5 Å². The third-order valence-electron chi connectivity index (χ3n) is 6.75.